The molecule has 0 aromatic carbocycles. The number of nitrogens with one attached hydrogen (secondary N) is 3. The topological polar surface area (TPSA) is 234 Å². The summed E-state index contributed by atoms with van der Waals surface area (Å²) in [5, 5.41) is 26.5. The first-order chi connectivity index (χ1) is 22.2. The minimum atomic E-state index is -1.31. The molecular formula is C30H53N3O14. The molecule has 1 atom stereocenters. The van der Waals surface area contributed by atoms with Crippen LogP contribution in [0.3, 0.4) is 0 Å². The van der Waals surface area contributed by atoms with E-state index in [-0.39, 0.29) is 78.0 Å². The van der Waals surface area contributed by atoms with Gasteiger partial charge in [-0.3, -0.25) is 19.2 Å². The summed E-state index contributed by atoms with van der Waals surface area (Å²) in [7, 11) is 0. The van der Waals surface area contributed by atoms with Gasteiger partial charge < -0.3 is 59.4 Å². The van der Waals surface area contributed by atoms with Crippen molar-refractivity contribution in [3.63, 3.8) is 0 Å². The number of carboxylic acid groups (broad SMARTS) is 2. The zero-order valence-electron chi connectivity index (χ0n) is 28.0. The highest BCUT2D eigenvalue weighted by molar-refractivity contribution is 5.88. The molecule has 0 spiro atoms. The molecule has 272 valence electrons. The number of carboxylic acids is 2. The van der Waals surface area contributed by atoms with Crippen LogP contribution < -0.4 is 16.0 Å². The SMILES string of the molecule is CC(C)(CC(C)(C)C(=O)NC(CCC(=O)NCCOCCOCCOCC(=O)NCCOCCOCCOCC=O)C(=O)O)C(=O)O. The van der Waals surface area contributed by atoms with Crippen molar-refractivity contribution < 1.29 is 67.4 Å². The molecule has 17 heteroatoms. The number of carbonyl (C=O) groups excluding carboxylic acids is 4. The Bertz CT molecular complexity index is 945. The first kappa shape index (κ1) is 43.8. The lowest BCUT2D eigenvalue weighted by molar-refractivity contribution is -0.151. The van der Waals surface area contributed by atoms with Crippen LogP contribution in [0.2, 0.25) is 0 Å². The van der Waals surface area contributed by atoms with Crippen LogP contribution in [0.5, 0.6) is 0 Å². The first-order valence-electron chi connectivity index (χ1n) is 15.4. The van der Waals surface area contributed by atoms with Gasteiger partial charge in [0.1, 0.15) is 25.5 Å². The molecule has 0 aromatic heterocycles. The number of aldehydes is 1. The van der Waals surface area contributed by atoms with E-state index in [0.29, 0.717) is 45.9 Å². The van der Waals surface area contributed by atoms with E-state index in [1.807, 2.05) is 0 Å². The van der Waals surface area contributed by atoms with Crippen molar-refractivity contribution in [1.82, 2.24) is 16.0 Å². The van der Waals surface area contributed by atoms with Crippen molar-refractivity contribution >= 4 is 35.9 Å². The number of hydrogen-bond donors (Lipinski definition) is 5. The normalized spacial score (nSPS) is 12.3. The lowest BCUT2D eigenvalue weighted by Gasteiger charge is -2.32. The Morgan fingerprint density at radius 2 is 1.13 bits per heavy atom. The van der Waals surface area contributed by atoms with Gasteiger partial charge in [-0.15, -0.1) is 0 Å². The van der Waals surface area contributed by atoms with E-state index in [2.05, 4.69) is 16.0 Å². The number of rotatable bonds is 31. The molecule has 0 aromatic rings. The fraction of sp³-hybridized carbons (Fsp3) is 0.800. The molecule has 1 unspecified atom stereocenters. The van der Waals surface area contributed by atoms with E-state index in [1.54, 1.807) is 13.8 Å². The molecule has 0 aliphatic heterocycles. The monoisotopic (exact) mass is 679 g/mol. The molecule has 0 fully saturated rings. The molecule has 0 aliphatic rings. The average Bonchev–Trinajstić information content (AvgIpc) is 2.99. The largest absolute Gasteiger partial charge is 0.481 e. The maximum atomic E-state index is 12.7. The van der Waals surface area contributed by atoms with E-state index in [0.717, 1.165) is 0 Å². The van der Waals surface area contributed by atoms with Crippen LogP contribution in [0, 0.1) is 10.8 Å². The van der Waals surface area contributed by atoms with Crippen molar-refractivity contribution in [2.75, 3.05) is 92.4 Å². The van der Waals surface area contributed by atoms with Crippen molar-refractivity contribution in [2.45, 2.75) is 53.0 Å². The van der Waals surface area contributed by atoms with Gasteiger partial charge in [0.05, 0.1) is 71.5 Å². The van der Waals surface area contributed by atoms with Crippen LogP contribution in [0.25, 0.3) is 0 Å². The summed E-state index contributed by atoms with van der Waals surface area (Å²) >= 11 is 0. The van der Waals surface area contributed by atoms with Gasteiger partial charge >= 0.3 is 11.9 Å². The van der Waals surface area contributed by atoms with E-state index in [4.69, 9.17) is 28.4 Å². The third-order valence-corrected chi connectivity index (χ3v) is 6.39. The van der Waals surface area contributed by atoms with Crippen LogP contribution in [0.4, 0.5) is 0 Å². The van der Waals surface area contributed by atoms with Gasteiger partial charge in [0, 0.05) is 24.9 Å². The molecule has 0 radical (unpaired) electrons. The number of ether oxygens (including phenoxy) is 6. The molecule has 0 rings (SSSR count). The Morgan fingerprint density at radius 3 is 1.62 bits per heavy atom. The Kier molecular flexibility index (Phi) is 24.0. The highest BCUT2D eigenvalue weighted by Gasteiger charge is 2.40. The van der Waals surface area contributed by atoms with E-state index in [9.17, 15) is 39.0 Å². The first-order valence-corrected chi connectivity index (χ1v) is 15.4. The molecule has 0 aliphatic carbocycles. The second-order valence-corrected chi connectivity index (χ2v) is 11.6. The Labute approximate surface area is 275 Å². The van der Waals surface area contributed by atoms with Gasteiger partial charge in [0.25, 0.3) is 0 Å². The zero-order chi connectivity index (χ0) is 35.6. The van der Waals surface area contributed by atoms with Gasteiger partial charge in [0.2, 0.25) is 17.7 Å². The lowest BCUT2D eigenvalue weighted by Crippen LogP contribution is -2.48. The smallest absolute Gasteiger partial charge is 0.326 e. The van der Waals surface area contributed by atoms with Crippen LogP contribution in [0.1, 0.15) is 47.0 Å². The van der Waals surface area contributed by atoms with Crippen LogP contribution in [0.15, 0.2) is 0 Å². The highest BCUT2D eigenvalue weighted by Crippen LogP contribution is 2.34. The summed E-state index contributed by atoms with van der Waals surface area (Å²) in [5.74, 6) is -3.68. The molecule has 17 nitrogen and oxygen atoms in total. The van der Waals surface area contributed by atoms with Gasteiger partial charge in [-0.25, -0.2) is 4.79 Å². The molecule has 47 heavy (non-hydrogen) atoms. The van der Waals surface area contributed by atoms with Gasteiger partial charge in [-0.1, -0.05) is 13.8 Å². The van der Waals surface area contributed by atoms with E-state index >= 15 is 0 Å². The highest BCUT2D eigenvalue weighted by atomic mass is 16.6. The maximum Gasteiger partial charge on any atom is 0.326 e. The second-order valence-electron chi connectivity index (χ2n) is 11.6. The predicted octanol–water partition coefficient (Wildman–Crippen LogP) is -0.606. The molecule has 0 heterocycles. The fourth-order valence-corrected chi connectivity index (χ4v) is 3.99. The van der Waals surface area contributed by atoms with E-state index in [1.165, 1.54) is 13.8 Å². The molecule has 0 bridgehead atoms. The maximum absolute atomic E-state index is 12.7. The molecule has 0 saturated carbocycles. The summed E-state index contributed by atoms with van der Waals surface area (Å²) in [6, 6.07) is -1.31. The lowest BCUT2D eigenvalue weighted by atomic mass is 9.74. The third kappa shape index (κ3) is 23.7. The summed E-state index contributed by atoms with van der Waals surface area (Å²) < 4.78 is 31.5. The Morgan fingerprint density at radius 1 is 0.660 bits per heavy atom. The minimum absolute atomic E-state index is 0.00849. The zero-order valence-corrected chi connectivity index (χ0v) is 28.0. The van der Waals surface area contributed by atoms with Crippen LogP contribution in [-0.4, -0.2) is 145 Å². The standard InChI is InChI=1S/C30H53N3O14/c1-29(2,22-30(3,4)28(40)41)27(39)33-23(26(37)38)5-6-24(35)31-7-10-42-14-17-46-19-20-47-21-25(36)32-8-11-43-13-16-45-18-15-44-12-9-34/h9,23H,5-8,10-22H2,1-4H3,(H,31,35)(H,32,36)(H,33,39)(H,37,38)(H,40,41). The average molecular weight is 680 g/mol. The Hall–Kier alpha value is -3.22. The third-order valence-electron chi connectivity index (χ3n) is 6.39. The van der Waals surface area contributed by atoms with Crippen molar-refractivity contribution in [3.8, 4) is 0 Å². The van der Waals surface area contributed by atoms with Gasteiger partial charge in [0.15, 0.2) is 0 Å². The number of aliphatic carboxylic acids is 2. The van der Waals surface area contributed by atoms with Crippen LogP contribution >= 0.6 is 0 Å². The molecule has 0 saturated heterocycles. The van der Waals surface area contributed by atoms with E-state index < -0.39 is 40.6 Å². The Balaban J connectivity index is 3.81. The summed E-state index contributed by atoms with van der Waals surface area (Å²) in [4.78, 5) is 69.7. The molecule has 5 N–H and O–H groups in total. The van der Waals surface area contributed by atoms with Crippen LogP contribution in [-0.2, 0) is 57.2 Å². The fourth-order valence-electron chi connectivity index (χ4n) is 3.99. The summed E-state index contributed by atoms with van der Waals surface area (Å²) in [5.41, 5.74) is -2.33. The number of carbonyl (C=O) groups is 6. The van der Waals surface area contributed by atoms with Crippen molar-refractivity contribution in [3.05, 3.63) is 0 Å². The number of amides is 3. The van der Waals surface area contributed by atoms with Gasteiger partial charge in [-0.2, -0.15) is 0 Å². The second kappa shape index (κ2) is 25.8. The summed E-state index contributed by atoms with van der Waals surface area (Å²) in [6.07, 6.45) is 0.372. The molecular weight excluding hydrogens is 626 g/mol. The summed E-state index contributed by atoms with van der Waals surface area (Å²) in [6.45, 7) is 9.48. The quantitative estimate of drug-likeness (QED) is 0.0455. The van der Waals surface area contributed by atoms with Crippen molar-refractivity contribution in [1.29, 1.82) is 0 Å². The minimum Gasteiger partial charge on any atom is -0.481 e. The van der Waals surface area contributed by atoms with Gasteiger partial charge in [-0.05, 0) is 26.7 Å². The number of hydrogen-bond acceptors (Lipinski definition) is 12. The van der Waals surface area contributed by atoms with Crippen molar-refractivity contribution in [2.24, 2.45) is 10.8 Å². The molecule has 3 amide bonds. The predicted molar refractivity (Wildman–Crippen MR) is 166 cm³/mol.